The molecule has 2 heterocycles. The summed E-state index contributed by atoms with van der Waals surface area (Å²) < 4.78 is 30.2. The number of aryl methyl sites for hydroxylation is 2. The van der Waals surface area contributed by atoms with E-state index in [1.165, 1.54) is 4.57 Å². The van der Waals surface area contributed by atoms with Gasteiger partial charge in [0.25, 0.3) is 11.5 Å². The Hall–Kier alpha value is -3.24. The van der Waals surface area contributed by atoms with Gasteiger partial charge in [-0.25, -0.2) is 18.3 Å². The van der Waals surface area contributed by atoms with Crippen LogP contribution < -0.4 is 15.6 Å². The highest BCUT2D eigenvalue weighted by Crippen LogP contribution is 2.46. The van der Waals surface area contributed by atoms with Crippen LogP contribution in [0.15, 0.2) is 47.4 Å². The van der Waals surface area contributed by atoms with Crippen molar-refractivity contribution in [2.45, 2.75) is 44.9 Å². The van der Waals surface area contributed by atoms with Gasteiger partial charge >= 0.3 is 0 Å². The van der Waals surface area contributed by atoms with Crippen LogP contribution in [0.3, 0.4) is 0 Å². The number of carbonyl (C=O) groups excluding carboxylic acids is 1. The number of nitrogens with zero attached hydrogens (tertiary/aromatic N) is 3. The molecule has 9 nitrogen and oxygen atoms in total. The number of carbonyl (C=O) groups is 1. The minimum absolute atomic E-state index is 0.0311. The van der Waals surface area contributed by atoms with Crippen molar-refractivity contribution >= 4 is 26.7 Å². The number of pyridine rings is 2. The summed E-state index contributed by atoms with van der Waals surface area (Å²) in [7, 11) is -1.45. The monoisotopic (exact) mass is 511 g/mol. The molecule has 2 aromatic heterocycles. The van der Waals surface area contributed by atoms with Crippen molar-refractivity contribution in [3.8, 4) is 5.88 Å². The molecule has 1 unspecified atom stereocenters. The Kier molecular flexibility index (Phi) is 7.19. The number of ether oxygens (including phenoxy) is 1. The van der Waals surface area contributed by atoms with Gasteiger partial charge in [-0.1, -0.05) is 43.7 Å². The molecular formula is C26H33N5O4S. The number of aromatic nitrogens is 2. The highest BCUT2D eigenvalue weighted by molar-refractivity contribution is 7.91. The molecule has 4 rings (SSSR count). The molecule has 2 N–H and O–H groups in total. The number of nitrogens with one attached hydrogen (secondary N) is 2. The van der Waals surface area contributed by atoms with E-state index in [4.69, 9.17) is 9.52 Å². The van der Waals surface area contributed by atoms with Crippen LogP contribution in [0.1, 0.15) is 48.2 Å². The number of hydrogen-bond donors (Lipinski definition) is 2. The number of rotatable bonds is 10. The van der Waals surface area contributed by atoms with Gasteiger partial charge in [0.15, 0.2) is 0 Å². The summed E-state index contributed by atoms with van der Waals surface area (Å²) in [6.07, 6.45) is 2.83. The molecular weight excluding hydrogens is 478 g/mol. The van der Waals surface area contributed by atoms with Gasteiger partial charge in [-0.05, 0) is 37.5 Å². The van der Waals surface area contributed by atoms with Crippen molar-refractivity contribution < 1.29 is 13.7 Å². The Balaban J connectivity index is 1.58. The van der Waals surface area contributed by atoms with E-state index in [2.05, 4.69) is 10.3 Å². The summed E-state index contributed by atoms with van der Waals surface area (Å²) in [4.78, 5) is 30.3. The quantitative estimate of drug-likeness (QED) is 0.433. The number of benzene rings is 1. The topological polar surface area (TPSA) is 117 Å². The molecule has 1 aliphatic carbocycles. The van der Waals surface area contributed by atoms with Gasteiger partial charge in [0.05, 0.1) is 0 Å². The SMILES string of the molecule is CCN(CC)S(=N)(=O)C1(COc2nccc3cc(C(=O)NCc4ccc(C)cc4)c(=O)n(C)c23)CC1. The maximum Gasteiger partial charge on any atom is 0.263 e. The lowest BCUT2D eigenvalue weighted by Crippen LogP contribution is -2.42. The van der Waals surface area contributed by atoms with E-state index in [0.29, 0.717) is 43.4 Å². The van der Waals surface area contributed by atoms with Gasteiger partial charge < -0.3 is 14.6 Å². The lowest BCUT2D eigenvalue weighted by Gasteiger charge is -2.28. The average Bonchev–Trinajstić information content (AvgIpc) is 3.66. The maximum atomic E-state index is 13.3. The van der Waals surface area contributed by atoms with Gasteiger partial charge in [0.1, 0.15) is 32.3 Å². The summed E-state index contributed by atoms with van der Waals surface area (Å²) in [5, 5.41) is 3.44. The standard InChI is InChI=1S/C26H33N5O4S/c1-5-31(6-2)36(27,34)26(12-13-26)17-35-24-22-20(11-14-28-24)15-21(25(33)30(22)4)23(32)29-16-19-9-7-18(3)8-10-19/h7-11,14-15,27H,5-6,12-13,16-17H2,1-4H3,(H,29,32). The number of fused-ring (bicyclic) bond motifs is 1. The Morgan fingerprint density at radius 1 is 1.22 bits per heavy atom. The van der Waals surface area contributed by atoms with Gasteiger partial charge in [-0.3, -0.25) is 9.59 Å². The van der Waals surface area contributed by atoms with Crippen molar-refractivity contribution in [1.82, 2.24) is 19.2 Å². The molecule has 0 bridgehead atoms. The summed E-state index contributed by atoms with van der Waals surface area (Å²) in [6.45, 7) is 7.22. The van der Waals surface area contributed by atoms with Crippen LogP contribution in [0.25, 0.3) is 10.9 Å². The Morgan fingerprint density at radius 2 is 1.89 bits per heavy atom. The number of hydrogen-bond acceptors (Lipinski definition) is 6. The van der Waals surface area contributed by atoms with Crippen LogP contribution >= 0.6 is 0 Å². The molecule has 0 spiro atoms. The van der Waals surface area contributed by atoms with E-state index in [0.717, 1.165) is 11.1 Å². The second-order valence-corrected chi connectivity index (χ2v) is 11.7. The summed E-state index contributed by atoms with van der Waals surface area (Å²) in [5.74, 6) is -0.234. The molecule has 1 aromatic carbocycles. The number of amides is 1. The molecule has 1 aliphatic rings. The van der Waals surface area contributed by atoms with Crippen LogP contribution in [0.5, 0.6) is 5.88 Å². The fraction of sp³-hybridized carbons (Fsp3) is 0.423. The second-order valence-electron chi connectivity index (χ2n) is 9.26. The molecule has 10 heteroatoms. The van der Waals surface area contributed by atoms with Crippen molar-refractivity contribution in [3.05, 3.63) is 69.6 Å². The van der Waals surface area contributed by atoms with E-state index < -0.39 is 26.1 Å². The fourth-order valence-electron chi connectivity index (χ4n) is 4.35. The largest absolute Gasteiger partial charge is 0.474 e. The molecule has 1 atom stereocenters. The summed E-state index contributed by atoms with van der Waals surface area (Å²) in [6, 6.07) is 11.1. The zero-order valence-electron chi connectivity index (χ0n) is 21.2. The van der Waals surface area contributed by atoms with E-state index in [-0.39, 0.29) is 18.1 Å². The summed E-state index contributed by atoms with van der Waals surface area (Å²) >= 11 is 0. The molecule has 1 saturated carbocycles. The van der Waals surface area contributed by atoms with E-state index in [9.17, 15) is 13.8 Å². The van der Waals surface area contributed by atoms with Crippen LogP contribution in [0.2, 0.25) is 0 Å². The van der Waals surface area contributed by atoms with Crippen molar-refractivity contribution in [1.29, 1.82) is 4.78 Å². The van der Waals surface area contributed by atoms with Crippen LogP contribution in [-0.4, -0.2) is 48.4 Å². The third-order valence-corrected chi connectivity index (χ3v) is 9.79. The summed E-state index contributed by atoms with van der Waals surface area (Å²) in [5.41, 5.74) is 2.09. The molecule has 36 heavy (non-hydrogen) atoms. The lowest BCUT2D eigenvalue weighted by molar-refractivity contribution is 0.0949. The van der Waals surface area contributed by atoms with E-state index in [1.54, 1.807) is 29.7 Å². The highest BCUT2D eigenvalue weighted by Gasteiger charge is 2.54. The Labute approximate surface area is 211 Å². The Bertz CT molecular complexity index is 1440. The molecule has 192 valence electrons. The zero-order chi connectivity index (χ0) is 26.1. The molecule has 0 saturated heterocycles. The predicted octanol–water partition coefficient (Wildman–Crippen LogP) is 3.39. The molecule has 0 aliphatic heterocycles. The zero-order valence-corrected chi connectivity index (χ0v) is 22.0. The van der Waals surface area contributed by atoms with Gasteiger partial charge in [0, 0.05) is 38.3 Å². The average molecular weight is 512 g/mol. The molecule has 1 amide bonds. The minimum atomic E-state index is -3.02. The van der Waals surface area contributed by atoms with Gasteiger partial charge in [0.2, 0.25) is 5.88 Å². The molecule has 1 fully saturated rings. The van der Waals surface area contributed by atoms with Crippen molar-refractivity contribution in [2.75, 3.05) is 19.7 Å². The van der Waals surface area contributed by atoms with Gasteiger partial charge in [-0.2, -0.15) is 0 Å². The second kappa shape index (κ2) is 10.0. The fourth-order valence-corrected chi connectivity index (χ4v) is 6.50. The van der Waals surface area contributed by atoms with E-state index in [1.807, 2.05) is 45.0 Å². The first-order valence-electron chi connectivity index (χ1n) is 12.1. The minimum Gasteiger partial charge on any atom is -0.474 e. The third kappa shape index (κ3) is 4.75. The normalized spacial score (nSPS) is 16.0. The molecule has 3 aromatic rings. The van der Waals surface area contributed by atoms with E-state index >= 15 is 0 Å². The first-order valence-corrected chi connectivity index (χ1v) is 13.6. The van der Waals surface area contributed by atoms with Crippen LogP contribution in [-0.2, 0) is 23.5 Å². The smallest absolute Gasteiger partial charge is 0.263 e. The first kappa shape index (κ1) is 25.8. The van der Waals surface area contributed by atoms with Gasteiger partial charge in [-0.15, -0.1) is 0 Å². The van der Waals surface area contributed by atoms with Crippen molar-refractivity contribution in [3.63, 3.8) is 0 Å². The lowest BCUT2D eigenvalue weighted by atomic mass is 10.1. The van der Waals surface area contributed by atoms with Crippen LogP contribution in [0, 0.1) is 11.7 Å². The molecule has 0 radical (unpaired) electrons. The van der Waals surface area contributed by atoms with Crippen molar-refractivity contribution in [2.24, 2.45) is 7.05 Å². The first-order chi connectivity index (χ1) is 17.1. The maximum absolute atomic E-state index is 13.3. The predicted molar refractivity (Wildman–Crippen MR) is 141 cm³/mol. The van der Waals surface area contributed by atoms with Crippen LogP contribution in [0.4, 0.5) is 0 Å². The third-order valence-electron chi connectivity index (χ3n) is 6.85. The highest BCUT2D eigenvalue weighted by atomic mass is 32.2. The Morgan fingerprint density at radius 3 is 2.50 bits per heavy atom.